The van der Waals surface area contributed by atoms with Gasteiger partial charge in [0.15, 0.2) is 11.5 Å². The van der Waals surface area contributed by atoms with Crippen LogP contribution in [-0.2, 0) is 19.1 Å². The molecule has 10 nitrogen and oxygen atoms in total. The zero-order chi connectivity index (χ0) is 27.3. The number of benzene rings is 1. The van der Waals surface area contributed by atoms with Crippen LogP contribution in [0.2, 0.25) is 0 Å². The van der Waals surface area contributed by atoms with Crippen LogP contribution in [0.3, 0.4) is 0 Å². The van der Waals surface area contributed by atoms with Crippen LogP contribution in [-0.4, -0.2) is 75.2 Å². The third-order valence-corrected chi connectivity index (χ3v) is 8.50. The molecule has 1 aromatic carbocycles. The van der Waals surface area contributed by atoms with E-state index in [1.165, 1.54) is 0 Å². The highest BCUT2D eigenvalue weighted by atomic mass is 16.7. The standard InChI is InChI=1S/C28H38N6O4/c1-25(2,3)21(34-16-20(17-12-13-17)30-32(34)6)22(36)33-15-19(35)14-27(33)23-28(27,38-23)31-26(4,5)24(37)29-18-10-8-7-9-11-18/h7-11,16-17,21,23,30-31H,12-15H2,1-6H3,(H,29,37)/t21-,23?,27?,28?/m1/s1. The fourth-order valence-corrected chi connectivity index (χ4v) is 6.26. The smallest absolute Gasteiger partial charge is 0.248 e. The molecule has 2 amide bonds. The third-order valence-electron chi connectivity index (χ3n) is 8.50. The number of hydrogen-bond acceptors (Lipinski definition) is 8. The lowest BCUT2D eigenvalue weighted by Gasteiger charge is -2.43. The van der Waals surface area contributed by atoms with E-state index < -0.39 is 28.3 Å². The average molecular weight is 523 g/mol. The predicted molar refractivity (Wildman–Crippen MR) is 141 cm³/mol. The fourth-order valence-electron chi connectivity index (χ4n) is 6.26. The molecule has 3 N–H and O–H groups in total. The Balaban J connectivity index is 1.24. The van der Waals surface area contributed by atoms with Gasteiger partial charge in [0.05, 0.1) is 12.1 Å². The Labute approximate surface area is 223 Å². The quantitative estimate of drug-likeness (QED) is 0.467. The molecule has 204 valence electrons. The number of Topliss-reactive ketones (excluding diaryl/α,β-unsaturated/α-hetero) is 1. The summed E-state index contributed by atoms with van der Waals surface area (Å²) in [5.74, 6) is 0.205. The molecule has 3 heterocycles. The molecule has 5 aliphatic rings. The van der Waals surface area contributed by atoms with E-state index in [-0.39, 0.29) is 36.7 Å². The van der Waals surface area contributed by atoms with Crippen LogP contribution in [0.4, 0.5) is 5.69 Å². The van der Waals surface area contributed by atoms with Crippen LogP contribution < -0.4 is 16.1 Å². The van der Waals surface area contributed by atoms with Crippen molar-refractivity contribution in [2.24, 2.45) is 11.3 Å². The monoisotopic (exact) mass is 522 g/mol. The van der Waals surface area contributed by atoms with Crippen LogP contribution in [0, 0.1) is 11.3 Å². The number of anilines is 1. The Morgan fingerprint density at radius 2 is 1.82 bits per heavy atom. The molecule has 2 aliphatic carbocycles. The molecule has 3 unspecified atom stereocenters. The van der Waals surface area contributed by atoms with Crippen molar-refractivity contribution in [1.29, 1.82) is 0 Å². The highest BCUT2D eigenvalue weighted by molar-refractivity contribution is 5.99. The summed E-state index contributed by atoms with van der Waals surface area (Å²) >= 11 is 0. The number of ketones is 1. The predicted octanol–water partition coefficient (Wildman–Crippen LogP) is 1.98. The van der Waals surface area contributed by atoms with Gasteiger partial charge in [-0.05, 0) is 44.2 Å². The summed E-state index contributed by atoms with van der Waals surface area (Å²) < 4.78 is 5.98. The number of amides is 2. The molecule has 1 spiro atoms. The Bertz CT molecular complexity index is 1220. The van der Waals surface area contributed by atoms with E-state index in [0.717, 1.165) is 18.5 Å². The van der Waals surface area contributed by atoms with Gasteiger partial charge < -0.3 is 20.4 Å². The first-order valence-corrected chi connectivity index (χ1v) is 13.5. The number of epoxide rings is 1. The summed E-state index contributed by atoms with van der Waals surface area (Å²) in [7, 11) is 1.91. The van der Waals surface area contributed by atoms with E-state index in [2.05, 4.69) is 16.1 Å². The summed E-state index contributed by atoms with van der Waals surface area (Å²) in [6.07, 6.45) is 4.26. The van der Waals surface area contributed by atoms with E-state index in [0.29, 0.717) is 11.6 Å². The molecule has 0 bridgehead atoms. The van der Waals surface area contributed by atoms with Crippen LogP contribution >= 0.6 is 0 Å². The number of para-hydroxylation sites is 1. The van der Waals surface area contributed by atoms with Crippen LogP contribution in [0.5, 0.6) is 0 Å². The SMILES string of the molecule is CN1NC(C2CC2)=CN1[C@H](C(=O)N1CC(=O)CC12C1OC12NC(C)(C)C(=O)Nc1ccccc1)C(C)(C)C. The molecule has 3 aliphatic heterocycles. The lowest BCUT2D eigenvalue weighted by molar-refractivity contribution is -0.156. The van der Waals surface area contributed by atoms with Gasteiger partial charge in [-0.25, -0.2) is 0 Å². The highest BCUT2D eigenvalue weighted by Gasteiger charge is 2.98. The van der Waals surface area contributed by atoms with E-state index in [4.69, 9.17) is 4.74 Å². The molecular weight excluding hydrogens is 484 g/mol. The van der Waals surface area contributed by atoms with Gasteiger partial charge in [-0.2, -0.15) is 0 Å². The van der Waals surface area contributed by atoms with E-state index >= 15 is 0 Å². The number of allylic oxidation sites excluding steroid dienone is 1. The Kier molecular flexibility index (Phi) is 5.35. The minimum Gasteiger partial charge on any atom is -0.345 e. The van der Waals surface area contributed by atoms with Gasteiger partial charge in [0.25, 0.3) is 0 Å². The molecule has 2 saturated heterocycles. The topological polar surface area (TPSA) is 110 Å². The van der Waals surface area contributed by atoms with Crippen molar-refractivity contribution in [3.05, 3.63) is 42.2 Å². The van der Waals surface area contributed by atoms with Crippen LogP contribution in [0.1, 0.15) is 53.9 Å². The molecule has 2 saturated carbocycles. The molecule has 1 aromatic rings. The zero-order valence-electron chi connectivity index (χ0n) is 23.0. The highest BCUT2D eigenvalue weighted by Crippen LogP contribution is 2.73. The maximum atomic E-state index is 14.4. The first-order chi connectivity index (χ1) is 17.8. The van der Waals surface area contributed by atoms with Gasteiger partial charge in [0, 0.05) is 37.0 Å². The third kappa shape index (κ3) is 3.76. The second kappa shape index (κ2) is 8.03. The molecule has 4 fully saturated rings. The Hall–Kier alpha value is -2.95. The molecule has 0 aromatic heterocycles. The average Bonchev–Trinajstić information content (AvgIpc) is 3.77. The number of hydrazine groups is 2. The molecule has 6 rings (SSSR count). The number of carbonyl (C=O) groups is 3. The molecule has 38 heavy (non-hydrogen) atoms. The van der Waals surface area contributed by atoms with Crippen molar-refractivity contribution in [1.82, 2.24) is 25.8 Å². The van der Waals surface area contributed by atoms with Gasteiger partial charge in [-0.15, -0.1) is 5.12 Å². The van der Waals surface area contributed by atoms with Crippen molar-refractivity contribution in [2.75, 3.05) is 18.9 Å². The number of hydrogen-bond donors (Lipinski definition) is 3. The van der Waals surface area contributed by atoms with E-state index in [1.807, 2.05) is 74.5 Å². The van der Waals surface area contributed by atoms with Crippen LogP contribution in [0.25, 0.3) is 0 Å². The van der Waals surface area contributed by atoms with Gasteiger partial charge in [0.1, 0.15) is 17.7 Å². The normalized spacial score (nSPS) is 31.2. The van der Waals surface area contributed by atoms with E-state index in [9.17, 15) is 14.4 Å². The number of fused-ring (bicyclic) bond motifs is 3. The maximum Gasteiger partial charge on any atom is 0.248 e. The number of nitrogens with one attached hydrogen (secondary N) is 3. The lowest BCUT2D eigenvalue weighted by Crippen LogP contribution is -2.63. The summed E-state index contributed by atoms with van der Waals surface area (Å²) in [5.41, 5.74) is 2.14. The largest absolute Gasteiger partial charge is 0.345 e. The number of ether oxygens (including phenoxy) is 1. The maximum absolute atomic E-state index is 14.4. The Morgan fingerprint density at radius 1 is 1.13 bits per heavy atom. The zero-order valence-corrected chi connectivity index (χ0v) is 23.0. The first-order valence-electron chi connectivity index (χ1n) is 13.5. The second-order valence-electron chi connectivity index (χ2n) is 13.0. The van der Waals surface area contributed by atoms with Crippen LogP contribution in [0.15, 0.2) is 42.2 Å². The summed E-state index contributed by atoms with van der Waals surface area (Å²) in [6.45, 7) is 9.78. The summed E-state index contributed by atoms with van der Waals surface area (Å²) in [6, 6.07) is 8.75. The second-order valence-corrected chi connectivity index (χ2v) is 13.0. The van der Waals surface area contributed by atoms with E-state index in [1.54, 1.807) is 18.7 Å². The van der Waals surface area contributed by atoms with Crippen molar-refractivity contribution >= 4 is 23.3 Å². The van der Waals surface area contributed by atoms with Gasteiger partial charge in [0.2, 0.25) is 11.8 Å². The molecule has 4 atom stereocenters. The minimum absolute atomic E-state index is 0.0108. The van der Waals surface area contributed by atoms with Gasteiger partial charge in [-0.3, -0.25) is 24.7 Å². The van der Waals surface area contributed by atoms with Crippen molar-refractivity contribution < 1.29 is 19.1 Å². The summed E-state index contributed by atoms with van der Waals surface area (Å²) in [5, 5.41) is 10.2. The number of rotatable bonds is 7. The number of carbonyl (C=O) groups excluding carboxylic acids is 3. The van der Waals surface area contributed by atoms with Crippen molar-refractivity contribution in [3.63, 3.8) is 0 Å². The Morgan fingerprint density at radius 3 is 2.42 bits per heavy atom. The number of likely N-dealkylation sites (tertiary alicyclic amines) is 1. The lowest BCUT2D eigenvalue weighted by atomic mass is 9.85. The fraction of sp³-hybridized carbons (Fsp3) is 0.607. The molecule has 0 radical (unpaired) electrons. The first kappa shape index (κ1) is 25.3. The van der Waals surface area contributed by atoms with Gasteiger partial charge >= 0.3 is 0 Å². The summed E-state index contributed by atoms with van der Waals surface area (Å²) in [4.78, 5) is 42.1. The van der Waals surface area contributed by atoms with Crippen molar-refractivity contribution in [3.8, 4) is 0 Å². The number of nitrogens with zero attached hydrogens (tertiary/aromatic N) is 3. The molecule has 10 heteroatoms. The van der Waals surface area contributed by atoms with Crippen molar-refractivity contribution in [2.45, 2.75) is 82.8 Å². The van der Waals surface area contributed by atoms with Gasteiger partial charge in [-0.1, -0.05) is 39.0 Å². The molecular formula is C28H38N6O4. The minimum atomic E-state index is -1.00.